The van der Waals surface area contributed by atoms with E-state index < -0.39 is 47.0 Å². The smallest absolute Gasteiger partial charge is 0.349 e. The van der Waals surface area contributed by atoms with E-state index in [1.54, 1.807) is 54.6 Å². The standard InChI is InChI=1S/C31H24ClF6N3O2/c32-22-7-5-18(6-8-22)13-24-17-23(40-28(42)26-9-11-39-27-4-2-1-3-25(26)27)10-12-41(24)29(43)19-14-20(30(33,34)35)16-21(15-19)31(36,37)38/h1-9,11,14-16,23-24H,10,12-13,17H2,(H,40,42). The molecule has 5 nitrogen and oxygen atoms in total. The lowest BCUT2D eigenvalue weighted by Gasteiger charge is -2.40. The first kappa shape index (κ1) is 30.3. The third kappa shape index (κ3) is 6.93. The molecule has 0 saturated carbocycles. The van der Waals surface area contributed by atoms with Crippen molar-refractivity contribution in [3.05, 3.63) is 112 Å². The lowest BCUT2D eigenvalue weighted by atomic mass is 9.90. The van der Waals surface area contributed by atoms with Crippen LogP contribution in [0.4, 0.5) is 26.3 Å². The number of amides is 2. The van der Waals surface area contributed by atoms with Crippen molar-refractivity contribution in [3.63, 3.8) is 0 Å². The summed E-state index contributed by atoms with van der Waals surface area (Å²) in [5.41, 5.74) is -2.05. The zero-order valence-electron chi connectivity index (χ0n) is 22.3. The summed E-state index contributed by atoms with van der Waals surface area (Å²) in [5.74, 6) is -1.32. The fourth-order valence-corrected chi connectivity index (χ4v) is 5.46. The minimum absolute atomic E-state index is 0.00325. The van der Waals surface area contributed by atoms with Crippen molar-refractivity contribution in [1.29, 1.82) is 0 Å². The number of halogens is 7. The molecule has 2 unspecified atom stereocenters. The van der Waals surface area contributed by atoms with Crippen LogP contribution in [0, 0.1) is 0 Å². The molecule has 2 amide bonds. The van der Waals surface area contributed by atoms with Crippen molar-refractivity contribution in [3.8, 4) is 0 Å². The second kappa shape index (κ2) is 11.9. The van der Waals surface area contributed by atoms with E-state index in [4.69, 9.17) is 11.6 Å². The number of fused-ring (bicyclic) bond motifs is 1. The van der Waals surface area contributed by atoms with Crippen molar-refractivity contribution in [2.75, 3.05) is 6.54 Å². The zero-order chi connectivity index (χ0) is 30.9. The summed E-state index contributed by atoms with van der Waals surface area (Å²) in [6.07, 6.45) is -7.97. The predicted molar refractivity (Wildman–Crippen MR) is 149 cm³/mol. The Hall–Kier alpha value is -4.12. The van der Waals surface area contributed by atoms with Crippen LogP contribution in [0.2, 0.25) is 5.02 Å². The molecular formula is C31H24ClF6N3O2. The summed E-state index contributed by atoms with van der Waals surface area (Å²) < 4.78 is 81.0. The van der Waals surface area contributed by atoms with Crippen LogP contribution < -0.4 is 5.32 Å². The maximum Gasteiger partial charge on any atom is 0.416 e. The Bertz CT molecular complexity index is 1620. The molecule has 1 aliphatic rings. The quantitative estimate of drug-likeness (QED) is 0.234. The summed E-state index contributed by atoms with van der Waals surface area (Å²) in [5, 5.41) is 4.11. The first-order chi connectivity index (χ1) is 20.3. The van der Waals surface area contributed by atoms with Gasteiger partial charge in [-0.05, 0) is 67.3 Å². The highest BCUT2D eigenvalue weighted by Gasteiger charge is 2.39. The number of carbonyl (C=O) groups is 2. The van der Waals surface area contributed by atoms with E-state index in [2.05, 4.69) is 10.3 Å². The molecule has 1 N–H and O–H groups in total. The van der Waals surface area contributed by atoms with Gasteiger partial charge >= 0.3 is 12.4 Å². The minimum atomic E-state index is -5.09. The highest BCUT2D eigenvalue weighted by molar-refractivity contribution is 6.30. The maximum absolute atomic E-state index is 13.6. The van der Waals surface area contributed by atoms with Gasteiger partial charge in [-0.25, -0.2) is 0 Å². The Morgan fingerprint density at radius 2 is 1.56 bits per heavy atom. The van der Waals surface area contributed by atoms with Gasteiger partial charge in [-0.15, -0.1) is 0 Å². The van der Waals surface area contributed by atoms with E-state index >= 15 is 0 Å². The van der Waals surface area contributed by atoms with Crippen LogP contribution in [0.5, 0.6) is 0 Å². The molecule has 224 valence electrons. The number of para-hydroxylation sites is 1. The lowest BCUT2D eigenvalue weighted by molar-refractivity contribution is -0.143. The van der Waals surface area contributed by atoms with Gasteiger partial charge in [-0.2, -0.15) is 26.3 Å². The first-order valence-electron chi connectivity index (χ1n) is 13.3. The second-order valence-corrected chi connectivity index (χ2v) is 10.8. The molecule has 2 heterocycles. The predicted octanol–water partition coefficient (Wildman–Crippen LogP) is 7.57. The van der Waals surface area contributed by atoms with Gasteiger partial charge in [0, 0.05) is 40.8 Å². The van der Waals surface area contributed by atoms with Crippen LogP contribution in [0.25, 0.3) is 10.9 Å². The normalized spacial score (nSPS) is 17.6. The van der Waals surface area contributed by atoms with Crippen molar-refractivity contribution in [2.24, 2.45) is 0 Å². The van der Waals surface area contributed by atoms with E-state index in [9.17, 15) is 35.9 Å². The van der Waals surface area contributed by atoms with E-state index in [0.717, 1.165) is 5.56 Å². The molecule has 1 saturated heterocycles. The minimum Gasteiger partial charge on any atom is -0.349 e. The molecule has 2 atom stereocenters. The first-order valence-corrected chi connectivity index (χ1v) is 13.7. The Labute approximate surface area is 247 Å². The van der Waals surface area contributed by atoms with Crippen molar-refractivity contribution in [1.82, 2.24) is 15.2 Å². The average Bonchev–Trinajstić information content (AvgIpc) is 2.96. The topological polar surface area (TPSA) is 62.3 Å². The number of nitrogens with one attached hydrogen (secondary N) is 1. The Morgan fingerprint density at radius 3 is 2.21 bits per heavy atom. The Morgan fingerprint density at radius 1 is 0.907 bits per heavy atom. The third-order valence-corrected chi connectivity index (χ3v) is 7.68. The number of hydrogen-bond acceptors (Lipinski definition) is 3. The number of likely N-dealkylation sites (tertiary alicyclic amines) is 1. The molecule has 1 fully saturated rings. The van der Waals surface area contributed by atoms with Gasteiger partial charge in [0.1, 0.15) is 0 Å². The number of nitrogens with zero attached hydrogens (tertiary/aromatic N) is 2. The largest absolute Gasteiger partial charge is 0.416 e. The summed E-state index contributed by atoms with van der Waals surface area (Å²) in [6, 6.07) is 15.3. The van der Waals surface area contributed by atoms with Gasteiger partial charge in [0.05, 0.1) is 22.2 Å². The van der Waals surface area contributed by atoms with E-state index in [1.807, 2.05) is 0 Å². The average molecular weight is 620 g/mol. The number of rotatable bonds is 5. The highest BCUT2D eigenvalue weighted by atomic mass is 35.5. The van der Waals surface area contributed by atoms with Crippen LogP contribution >= 0.6 is 11.6 Å². The SMILES string of the molecule is O=C(NC1CCN(C(=O)c2cc(C(F)(F)F)cc(C(F)(F)F)c2)C(Cc2ccc(Cl)cc2)C1)c1ccnc2ccccc12. The summed E-state index contributed by atoms with van der Waals surface area (Å²) in [6.45, 7) is -0.00325. The van der Waals surface area contributed by atoms with Crippen molar-refractivity contribution in [2.45, 2.75) is 43.7 Å². The van der Waals surface area contributed by atoms with Crippen LogP contribution in [-0.4, -0.2) is 40.3 Å². The molecule has 12 heteroatoms. The fraction of sp³-hybridized carbons (Fsp3) is 0.258. The Kier molecular flexibility index (Phi) is 8.38. The molecule has 3 aromatic carbocycles. The Balaban J connectivity index is 1.44. The number of carbonyl (C=O) groups excluding carboxylic acids is 2. The highest BCUT2D eigenvalue weighted by Crippen LogP contribution is 2.37. The number of piperidine rings is 1. The molecule has 0 radical (unpaired) electrons. The molecule has 0 spiro atoms. The number of aromatic nitrogens is 1. The molecule has 1 aliphatic heterocycles. The van der Waals surface area contributed by atoms with Gasteiger partial charge in [-0.3, -0.25) is 14.6 Å². The molecule has 5 rings (SSSR count). The van der Waals surface area contributed by atoms with Gasteiger partial charge in [-0.1, -0.05) is 41.9 Å². The lowest BCUT2D eigenvalue weighted by Crippen LogP contribution is -2.52. The fourth-order valence-electron chi connectivity index (χ4n) is 5.34. The van der Waals surface area contributed by atoms with E-state index in [1.165, 1.54) is 11.1 Å². The van der Waals surface area contributed by atoms with Crippen LogP contribution in [0.3, 0.4) is 0 Å². The van der Waals surface area contributed by atoms with Gasteiger partial charge < -0.3 is 10.2 Å². The van der Waals surface area contributed by atoms with Crippen LogP contribution in [0.15, 0.2) is 79.0 Å². The molecule has 1 aromatic heterocycles. The molecule has 4 aromatic rings. The number of hydrogen-bond donors (Lipinski definition) is 1. The molecule has 43 heavy (non-hydrogen) atoms. The molecule has 0 bridgehead atoms. The molecule has 0 aliphatic carbocycles. The molecular weight excluding hydrogens is 596 g/mol. The van der Waals surface area contributed by atoms with Gasteiger partial charge in [0.15, 0.2) is 0 Å². The van der Waals surface area contributed by atoms with Gasteiger partial charge in [0.25, 0.3) is 11.8 Å². The van der Waals surface area contributed by atoms with E-state index in [0.29, 0.717) is 33.6 Å². The summed E-state index contributed by atoms with van der Waals surface area (Å²) >= 11 is 6.00. The number of benzene rings is 3. The van der Waals surface area contributed by atoms with Crippen LogP contribution in [-0.2, 0) is 18.8 Å². The van der Waals surface area contributed by atoms with Gasteiger partial charge in [0.2, 0.25) is 0 Å². The van der Waals surface area contributed by atoms with Crippen molar-refractivity contribution < 1.29 is 35.9 Å². The monoisotopic (exact) mass is 619 g/mol. The summed E-state index contributed by atoms with van der Waals surface area (Å²) in [4.78, 5) is 32.4. The van der Waals surface area contributed by atoms with E-state index in [-0.39, 0.29) is 37.8 Å². The van der Waals surface area contributed by atoms with Crippen molar-refractivity contribution >= 4 is 34.3 Å². The third-order valence-electron chi connectivity index (χ3n) is 7.42. The zero-order valence-corrected chi connectivity index (χ0v) is 23.1. The summed E-state index contributed by atoms with van der Waals surface area (Å²) in [7, 11) is 0. The number of alkyl halides is 6. The second-order valence-electron chi connectivity index (χ2n) is 10.3. The number of pyridine rings is 1. The van der Waals surface area contributed by atoms with Crippen LogP contribution in [0.1, 0.15) is 50.2 Å². The maximum atomic E-state index is 13.6.